The number of rotatable bonds is 5. The monoisotopic (exact) mass is 243 g/mol. The van der Waals surface area contributed by atoms with Gasteiger partial charge in [-0.2, -0.15) is 0 Å². The summed E-state index contributed by atoms with van der Waals surface area (Å²) in [4.78, 5) is 0. The molecule has 0 aliphatic heterocycles. The molecule has 0 amide bonds. The molecule has 1 saturated carbocycles. The zero-order valence-corrected chi connectivity index (χ0v) is 10.5. The molecule has 0 radical (unpaired) electrons. The van der Waals surface area contributed by atoms with Crippen molar-refractivity contribution in [1.29, 1.82) is 0 Å². The zero-order valence-electron chi connectivity index (χ0n) is 10.5. The molecule has 18 heavy (non-hydrogen) atoms. The van der Waals surface area contributed by atoms with Gasteiger partial charge in [-0.3, -0.25) is 0 Å². The summed E-state index contributed by atoms with van der Waals surface area (Å²) >= 11 is 0. The molecule has 94 valence electrons. The third-order valence-electron chi connectivity index (χ3n) is 3.67. The van der Waals surface area contributed by atoms with E-state index in [1.165, 1.54) is 12.8 Å². The van der Waals surface area contributed by atoms with Gasteiger partial charge in [-0.25, -0.2) is 4.39 Å². The van der Waals surface area contributed by atoms with Crippen LogP contribution in [0.3, 0.4) is 0 Å². The van der Waals surface area contributed by atoms with Crippen LogP contribution in [-0.4, -0.2) is 13.1 Å². The Balaban J connectivity index is 1.74. The largest absolute Gasteiger partial charge is 0.316 e. The van der Waals surface area contributed by atoms with Crippen molar-refractivity contribution in [2.24, 2.45) is 5.92 Å². The lowest BCUT2D eigenvalue weighted by atomic mass is 10.0. The summed E-state index contributed by atoms with van der Waals surface area (Å²) in [5.74, 6) is 0.796. The van der Waals surface area contributed by atoms with Crippen molar-refractivity contribution in [3.8, 4) is 0 Å². The van der Waals surface area contributed by atoms with Crippen molar-refractivity contribution >= 4 is 10.8 Å². The van der Waals surface area contributed by atoms with E-state index in [9.17, 15) is 4.39 Å². The first-order valence-electron chi connectivity index (χ1n) is 6.71. The summed E-state index contributed by atoms with van der Waals surface area (Å²) in [6.45, 7) is 1.95. The lowest BCUT2D eigenvalue weighted by molar-refractivity contribution is 0.593. The molecule has 1 nitrogen and oxygen atoms in total. The SMILES string of the molecule is Fc1ccc2ccccc2c1CCNCC1CC1. The van der Waals surface area contributed by atoms with Crippen LogP contribution in [0, 0.1) is 11.7 Å². The molecule has 2 heteroatoms. The minimum absolute atomic E-state index is 0.0816. The predicted octanol–water partition coefficient (Wildman–Crippen LogP) is 3.52. The van der Waals surface area contributed by atoms with Gasteiger partial charge in [0.1, 0.15) is 5.82 Å². The van der Waals surface area contributed by atoms with E-state index in [2.05, 4.69) is 5.32 Å². The lowest BCUT2D eigenvalue weighted by Gasteiger charge is -2.09. The second kappa shape index (κ2) is 5.07. The molecule has 0 aromatic heterocycles. The highest BCUT2D eigenvalue weighted by Gasteiger charge is 2.20. The second-order valence-electron chi connectivity index (χ2n) is 5.14. The highest BCUT2D eigenvalue weighted by atomic mass is 19.1. The highest BCUT2D eigenvalue weighted by Crippen LogP contribution is 2.27. The van der Waals surface area contributed by atoms with Crippen LogP contribution in [0.25, 0.3) is 10.8 Å². The van der Waals surface area contributed by atoms with Gasteiger partial charge >= 0.3 is 0 Å². The van der Waals surface area contributed by atoms with Crippen molar-refractivity contribution in [1.82, 2.24) is 5.32 Å². The molecule has 1 N–H and O–H groups in total. The Bertz CT molecular complexity index is 546. The number of hydrogen-bond donors (Lipinski definition) is 1. The Morgan fingerprint density at radius 2 is 1.94 bits per heavy atom. The molecule has 0 spiro atoms. The van der Waals surface area contributed by atoms with Gasteiger partial charge in [0.05, 0.1) is 0 Å². The van der Waals surface area contributed by atoms with Crippen LogP contribution in [0.2, 0.25) is 0 Å². The quantitative estimate of drug-likeness (QED) is 0.792. The number of fused-ring (bicyclic) bond motifs is 1. The number of benzene rings is 2. The Morgan fingerprint density at radius 1 is 1.11 bits per heavy atom. The van der Waals surface area contributed by atoms with Crippen LogP contribution >= 0.6 is 0 Å². The standard InChI is InChI=1S/C16H18FN/c17-16-8-7-13-3-1-2-4-14(13)15(16)9-10-18-11-12-5-6-12/h1-4,7-8,12,18H,5-6,9-11H2. The van der Waals surface area contributed by atoms with Gasteiger partial charge in [0.15, 0.2) is 0 Å². The van der Waals surface area contributed by atoms with Gasteiger partial charge in [0.2, 0.25) is 0 Å². The summed E-state index contributed by atoms with van der Waals surface area (Å²) in [5.41, 5.74) is 0.844. The van der Waals surface area contributed by atoms with Crippen molar-refractivity contribution in [2.45, 2.75) is 19.3 Å². The normalized spacial score (nSPS) is 15.2. The van der Waals surface area contributed by atoms with Gasteiger partial charge in [0, 0.05) is 0 Å². The molecule has 0 saturated heterocycles. The smallest absolute Gasteiger partial charge is 0.127 e. The third kappa shape index (κ3) is 2.54. The summed E-state index contributed by atoms with van der Waals surface area (Å²) in [5, 5.41) is 5.59. The molecule has 0 unspecified atom stereocenters. The molecule has 1 fully saturated rings. The summed E-state index contributed by atoms with van der Waals surface area (Å²) in [7, 11) is 0. The van der Waals surface area contributed by atoms with E-state index in [0.717, 1.165) is 41.8 Å². The van der Waals surface area contributed by atoms with Gasteiger partial charge in [-0.1, -0.05) is 30.3 Å². The van der Waals surface area contributed by atoms with Crippen molar-refractivity contribution < 1.29 is 4.39 Å². The van der Waals surface area contributed by atoms with E-state index in [0.29, 0.717) is 0 Å². The first-order valence-corrected chi connectivity index (χ1v) is 6.71. The van der Waals surface area contributed by atoms with Crippen LogP contribution < -0.4 is 5.32 Å². The topological polar surface area (TPSA) is 12.0 Å². The van der Waals surface area contributed by atoms with Crippen molar-refractivity contribution in [3.05, 3.63) is 47.8 Å². The number of hydrogen-bond acceptors (Lipinski definition) is 1. The summed E-state index contributed by atoms with van der Waals surface area (Å²) in [6.07, 6.45) is 3.48. The van der Waals surface area contributed by atoms with E-state index in [-0.39, 0.29) is 5.82 Å². The highest BCUT2D eigenvalue weighted by molar-refractivity contribution is 5.85. The van der Waals surface area contributed by atoms with Crippen LogP contribution in [0.1, 0.15) is 18.4 Å². The maximum Gasteiger partial charge on any atom is 0.127 e. The Labute approximate surface area is 107 Å². The maximum absolute atomic E-state index is 13.9. The minimum atomic E-state index is -0.0816. The Morgan fingerprint density at radius 3 is 2.78 bits per heavy atom. The average Bonchev–Trinajstić information content (AvgIpc) is 3.21. The Kier molecular flexibility index (Phi) is 3.28. The molecule has 1 aliphatic rings. The van der Waals surface area contributed by atoms with Crippen LogP contribution in [-0.2, 0) is 6.42 Å². The van der Waals surface area contributed by atoms with Gasteiger partial charge in [0.25, 0.3) is 0 Å². The Hall–Kier alpha value is -1.41. The molecule has 2 aromatic carbocycles. The molecule has 0 atom stereocenters. The van der Waals surface area contributed by atoms with E-state index in [1.807, 2.05) is 30.3 Å². The van der Waals surface area contributed by atoms with E-state index >= 15 is 0 Å². The maximum atomic E-state index is 13.9. The number of nitrogens with one attached hydrogen (secondary N) is 1. The molecular formula is C16H18FN. The average molecular weight is 243 g/mol. The molecule has 2 aromatic rings. The number of halogens is 1. The van der Waals surface area contributed by atoms with Gasteiger partial charge in [-0.05, 0) is 60.7 Å². The molecule has 1 aliphatic carbocycles. The fourth-order valence-corrected chi connectivity index (χ4v) is 2.40. The van der Waals surface area contributed by atoms with Crippen LogP contribution in [0.4, 0.5) is 4.39 Å². The van der Waals surface area contributed by atoms with Gasteiger partial charge in [-0.15, -0.1) is 0 Å². The van der Waals surface area contributed by atoms with E-state index in [1.54, 1.807) is 6.07 Å². The lowest BCUT2D eigenvalue weighted by Crippen LogP contribution is -2.20. The summed E-state index contributed by atoms with van der Waals surface area (Å²) < 4.78 is 13.9. The first-order chi connectivity index (χ1) is 8.84. The van der Waals surface area contributed by atoms with Crippen LogP contribution in [0.15, 0.2) is 36.4 Å². The first kappa shape index (κ1) is 11.7. The molecule has 0 heterocycles. The van der Waals surface area contributed by atoms with Crippen molar-refractivity contribution in [3.63, 3.8) is 0 Å². The minimum Gasteiger partial charge on any atom is -0.316 e. The zero-order chi connectivity index (χ0) is 12.4. The van der Waals surface area contributed by atoms with Crippen LogP contribution in [0.5, 0.6) is 0 Å². The fraction of sp³-hybridized carbons (Fsp3) is 0.375. The molecule has 3 rings (SSSR count). The fourth-order valence-electron chi connectivity index (χ4n) is 2.40. The predicted molar refractivity (Wildman–Crippen MR) is 73.2 cm³/mol. The van der Waals surface area contributed by atoms with E-state index < -0.39 is 0 Å². The van der Waals surface area contributed by atoms with Crippen molar-refractivity contribution in [2.75, 3.05) is 13.1 Å². The van der Waals surface area contributed by atoms with Gasteiger partial charge < -0.3 is 5.32 Å². The molecular weight excluding hydrogens is 225 g/mol. The van der Waals surface area contributed by atoms with E-state index in [4.69, 9.17) is 0 Å². The third-order valence-corrected chi connectivity index (χ3v) is 3.67. The second-order valence-corrected chi connectivity index (χ2v) is 5.14. The molecule has 0 bridgehead atoms. The summed E-state index contributed by atoms with van der Waals surface area (Å²) in [6, 6.07) is 11.5.